The van der Waals surface area contributed by atoms with Crippen LogP contribution in [0.2, 0.25) is 0 Å². The van der Waals surface area contributed by atoms with Gasteiger partial charge in [0, 0.05) is 4.88 Å². The Kier molecular flexibility index (Phi) is 4.10. The number of hydrogen-bond acceptors (Lipinski definition) is 4. The zero-order chi connectivity index (χ0) is 14.8. The molecule has 2 aromatic rings. The first kappa shape index (κ1) is 14.5. The normalized spacial score (nSPS) is 12.8. The molecule has 0 spiro atoms. The molecule has 1 atom stereocenters. The SMILES string of the molecule is Cc1ccc(S(=O)(=O)C(NC(N)=O)c2cccs2)cc1. The number of sulfone groups is 1. The third-order valence-corrected chi connectivity index (χ3v) is 5.74. The summed E-state index contributed by atoms with van der Waals surface area (Å²) >= 11 is 1.25. The fourth-order valence-corrected chi connectivity index (χ4v) is 4.38. The van der Waals surface area contributed by atoms with Gasteiger partial charge in [0.05, 0.1) is 4.90 Å². The third kappa shape index (κ3) is 3.00. The summed E-state index contributed by atoms with van der Waals surface area (Å²) in [6.45, 7) is 1.87. The number of carbonyl (C=O) groups excluding carboxylic acids is 1. The predicted octanol–water partition coefficient (Wildman–Crippen LogP) is 2.20. The van der Waals surface area contributed by atoms with Crippen molar-refractivity contribution in [3.8, 4) is 0 Å². The number of nitrogens with two attached hydrogens (primary N) is 1. The van der Waals surface area contributed by atoms with Crippen LogP contribution >= 0.6 is 11.3 Å². The van der Waals surface area contributed by atoms with Crippen LogP contribution in [0.25, 0.3) is 0 Å². The summed E-state index contributed by atoms with van der Waals surface area (Å²) in [6, 6.07) is 8.96. The topological polar surface area (TPSA) is 89.3 Å². The van der Waals surface area contributed by atoms with Crippen molar-refractivity contribution in [3.63, 3.8) is 0 Å². The van der Waals surface area contributed by atoms with Crippen molar-refractivity contribution in [2.75, 3.05) is 0 Å². The molecule has 0 aliphatic carbocycles. The van der Waals surface area contributed by atoms with Gasteiger partial charge in [0.1, 0.15) is 0 Å². The van der Waals surface area contributed by atoms with Crippen LogP contribution in [0.4, 0.5) is 4.79 Å². The van der Waals surface area contributed by atoms with Crippen LogP contribution in [-0.4, -0.2) is 14.4 Å². The Morgan fingerprint density at radius 2 is 1.90 bits per heavy atom. The van der Waals surface area contributed by atoms with Crippen molar-refractivity contribution in [2.45, 2.75) is 17.2 Å². The number of rotatable bonds is 4. The predicted molar refractivity (Wildman–Crippen MR) is 78.1 cm³/mol. The van der Waals surface area contributed by atoms with Crippen LogP contribution in [0.3, 0.4) is 0 Å². The number of primary amides is 1. The summed E-state index contributed by atoms with van der Waals surface area (Å²) in [4.78, 5) is 11.8. The summed E-state index contributed by atoms with van der Waals surface area (Å²) < 4.78 is 25.2. The lowest BCUT2D eigenvalue weighted by Crippen LogP contribution is -2.37. The molecular weight excluding hydrogens is 296 g/mol. The molecule has 20 heavy (non-hydrogen) atoms. The van der Waals surface area contributed by atoms with Crippen molar-refractivity contribution < 1.29 is 13.2 Å². The molecule has 0 bridgehead atoms. The van der Waals surface area contributed by atoms with Crippen molar-refractivity contribution >= 4 is 27.2 Å². The first-order valence-corrected chi connectivity index (χ1v) is 8.24. The number of benzene rings is 1. The number of urea groups is 1. The van der Waals surface area contributed by atoms with E-state index in [-0.39, 0.29) is 4.90 Å². The zero-order valence-corrected chi connectivity index (χ0v) is 12.4. The van der Waals surface area contributed by atoms with E-state index < -0.39 is 21.2 Å². The summed E-state index contributed by atoms with van der Waals surface area (Å²) in [6.07, 6.45) is 0. The van der Waals surface area contributed by atoms with E-state index in [2.05, 4.69) is 5.32 Å². The molecule has 0 saturated heterocycles. The highest BCUT2D eigenvalue weighted by Crippen LogP contribution is 2.29. The van der Waals surface area contributed by atoms with E-state index in [1.54, 1.807) is 29.6 Å². The Balaban J connectivity index is 2.46. The Morgan fingerprint density at radius 1 is 1.25 bits per heavy atom. The molecule has 1 unspecified atom stereocenters. The molecule has 2 rings (SSSR count). The molecule has 1 aromatic heterocycles. The van der Waals surface area contributed by atoms with Crippen LogP contribution < -0.4 is 11.1 Å². The second kappa shape index (κ2) is 5.64. The van der Waals surface area contributed by atoms with Crippen molar-refractivity contribution in [3.05, 3.63) is 52.2 Å². The Labute approximate surface area is 121 Å². The van der Waals surface area contributed by atoms with E-state index in [4.69, 9.17) is 5.73 Å². The Bertz CT molecular complexity index is 692. The maximum atomic E-state index is 12.6. The summed E-state index contributed by atoms with van der Waals surface area (Å²) in [5, 5.41) is 2.88. The average molecular weight is 310 g/mol. The monoisotopic (exact) mass is 310 g/mol. The number of hydrogen-bond donors (Lipinski definition) is 2. The third-order valence-electron chi connectivity index (χ3n) is 2.73. The van der Waals surface area contributed by atoms with Gasteiger partial charge in [-0.15, -0.1) is 11.3 Å². The summed E-state index contributed by atoms with van der Waals surface area (Å²) in [5.41, 5.74) is 6.05. The molecular formula is C13H14N2O3S2. The molecule has 3 N–H and O–H groups in total. The first-order valence-electron chi connectivity index (χ1n) is 5.81. The van der Waals surface area contributed by atoms with Crippen LogP contribution in [0.1, 0.15) is 15.8 Å². The quantitative estimate of drug-likeness (QED) is 0.907. The van der Waals surface area contributed by atoms with Crippen LogP contribution in [0, 0.1) is 6.92 Å². The van der Waals surface area contributed by atoms with E-state index in [1.807, 2.05) is 6.92 Å². The van der Waals surface area contributed by atoms with Gasteiger partial charge in [0.2, 0.25) is 9.84 Å². The highest BCUT2D eigenvalue weighted by molar-refractivity contribution is 7.91. The maximum Gasteiger partial charge on any atom is 0.313 e. The minimum atomic E-state index is -3.74. The number of nitrogens with one attached hydrogen (secondary N) is 1. The average Bonchev–Trinajstić information content (AvgIpc) is 2.89. The summed E-state index contributed by atoms with van der Waals surface area (Å²) in [5.74, 6) is 0. The van der Waals surface area contributed by atoms with Gasteiger partial charge in [-0.2, -0.15) is 0 Å². The Hall–Kier alpha value is -1.86. The van der Waals surface area contributed by atoms with E-state index >= 15 is 0 Å². The lowest BCUT2D eigenvalue weighted by Gasteiger charge is -2.17. The van der Waals surface area contributed by atoms with Gasteiger partial charge < -0.3 is 11.1 Å². The standard InChI is InChI=1S/C13H14N2O3S2/c1-9-4-6-10(7-5-9)20(17,18)12(15-13(14)16)11-3-2-8-19-11/h2-8,12H,1H3,(H3,14,15,16). The van der Waals surface area contributed by atoms with Gasteiger partial charge in [0.15, 0.2) is 5.37 Å². The number of aryl methyl sites for hydroxylation is 1. The second-order valence-electron chi connectivity index (χ2n) is 4.26. The first-order chi connectivity index (χ1) is 9.41. The largest absolute Gasteiger partial charge is 0.352 e. The van der Waals surface area contributed by atoms with E-state index in [9.17, 15) is 13.2 Å². The maximum absolute atomic E-state index is 12.6. The van der Waals surface area contributed by atoms with E-state index in [1.165, 1.54) is 23.5 Å². The van der Waals surface area contributed by atoms with Crippen molar-refractivity contribution in [1.82, 2.24) is 5.32 Å². The number of carbonyl (C=O) groups is 1. The fraction of sp³-hybridized carbons (Fsp3) is 0.154. The highest BCUT2D eigenvalue weighted by atomic mass is 32.2. The molecule has 0 saturated carbocycles. The smallest absolute Gasteiger partial charge is 0.313 e. The van der Waals surface area contributed by atoms with Gasteiger partial charge in [-0.1, -0.05) is 23.8 Å². The molecule has 0 aliphatic rings. The van der Waals surface area contributed by atoms with E-state index in [0.717, 1.165) is 5.56 Å². The van der Waals surface area contributed by atoms with Gasteiger partial charge in [-0.3, -0.25) is 0 Å². The summed E-state index contributed by atoms with van der Waals surface area (Å²) in [7, 11) is -3.74. The fourth-order valence-electron chi connectivity index (χ4n) is 1.74. The minimum absolute atomic E-state index is 0.148. The lowest BCUT2D eigenvalue weighted by molar-refractivity contribution is 0.248. The molecule has 0 fully saturated rings. The lowest BCUT2D eigenvalue weighted by atomic mass is 10.2. The van der Waals surface area contributed by atoms with Crippen LogP contribution in [0.15, 0.2) is 46.7 Å². The Morgan fingerprint density at radius 3 is 2.40 bits per heavy atom. The van der Waals surface area contributed by atoms with E-state index in [0.29, 0.717) is 4.88 Å². The van der Waals surface area contributed by atoms with Gasteiger partial charge >= 0.3 is 6.03 Å². The van der Waals surface area contributed by atoms with Gasteiger partial charge in [-0.05, 0) is 30.5 Å². The van der Waals surface area contributed by atoms with Crippen LogP contribution in [-0.2, 0) is 9.84 Å². The second-order valence-corrected chi connectivity index (χ2v) is 7.27. The highest BCUT2D eigenvalue weighted by Gasteiger charge is 2.30. The van der Waals surface area contributed by atoms with Crippen LogP contribution in [0.5, 0.6) is 0 Å². The van der Waals surface area contributed by atoms with Crippen molar-refractivity contribution in [1.29, 1.82) is 0 Å². The molecule has 1 aromatic carbocycles. The molecule has 5 nitrogen and oxygen atoms in total. The van der Waals surface area contributed by atoms with Gasteiger partial charge in [0.25, 0.3) is 0 Å². The van der Waals surface area contributed by atoms with Crippen molar-refractivity contribution in [2.24, 2.45) is 5.73 Å². The molecule has 0 radical (unpaired) electrons. The molecule has 106 valence electrons. The number of amides is 2. The molecule has 0 aliphatic heterocycles. The molecule has 2 amide bonds. The molecule has 1 heterocycles. The molecule has 7 heteroatoms. The number of thiophene rings is 1. The zero-order valence-electron chi connectivity index (χ0n) is 10.7. The van der Waals surface area contributed by atoms with Gasteiger partial charge in [-0.25, -0.2) is 13.2 Å². The minimum Gasteiger partial charge on any atom is -0.352 e.